The standard InChI is InChI=1S/C5H9NS2/c1-5-7-3-6(2)4-8-5/h1,3-4H2,2H3. The molecule has 0 bridgehead atoms. The molecule has 0 radical (unpaired) electrons. The van der Waals surface area contributed by atoms with E-state index in [0.717, 1.165) is 11.8 Å². The van der Waals surface area contributed by atoms with Crippen LogP contribution in [0.2, 0.25) is 0 Å². The Morgan fingerprint density at radius 1 is 1.50 bits per heavy atom. The van der Waals surface area contributed by atoms with Crippen molar-refractivity contribution in [3.63, 3.8) is 0 Å². The summed E-state index contributed by atoms with van der Waals surface area (Å²) < 4.78 is 1.25. The van der Waals surface area contributed by atoms with E-state index in [4.69, 9.17) is 0 Å². The largest absolute Gasteiger partial charge is 0.287 e. The van der Waals surface area contributed by atoms with Crippen LogP contribution in [-0.4, -0.2) is 23.7 Å². The monoisotopic (exact) mass is 147 g/mol. The van der Waals surface area contributed by atoms with Crippen LogP contribution in [-0.2, 0) is 0 Å². The van der Waals surface area contributed by atoms with Gasteiger partial charge in [0.15, 0.2) is 0 Å². The van der Waals surface area contributed by atoms with Crippen LogP contribution in [0.3, 0.4) is 0 Å². The van der Waals surface area contributed by atoms with Crippen molar-refractivity contribution >= 4 is 23.5 Å². The minimum absolute atomic E-state index is 1.10. The van der Waals surface area contributed by atoms with Gasteiger partial charge in [0, 0.05) is 4.24 Å². The molecule has 1 nitrogen and oxygen atoms in total. The average molecular weight is 147 g/mol. The van der Waals surface area contributed by atoms with Crippen LogP contribution in [0, 0.1) is 0 Å². The summed E-state index contributed by atoms with van der Waals surface area (Å²) in [5, 5.41) is 0. The summed E-state index contributed by atoms with van der Waals surface area (Å²) in [5.74, 6) is 2.21. The fourth-order valence-corrected chi connectivity index (χ4v) is 2.12. The molecule has 3 heteroatoms. The predicted molar refractivity (Wildman–Crippen MR) is 41.8 cm³/mol. The number of hydrogen-bond donors (Lipinski definition) is 0. The van der Waals surface area contributed by atoms with E-state index in [1.54, 1.807) is 0 Å². The molecule has 1 rings (SSSR count). The van der Waals surface area contributed by atoms with Gasteiger partial charge >= 0.3 is 0 Å². The van der Waals surface area contributed by atoms with Crippen molar-refractivity contribution in [3.05, 3.63) is 10.8 Å². The van der Waals surface area contributed by atoms with Crippen molar-refractivity contribution in [1.29, 1.82) is 0 Å². The van der Waals surface area contributed by atoms with Crippen LogP contribution in [0.15, 0.2) is 10.8 Å². The lowest BCUT2D eigenvalue weighted by molar-refractivity contribution is 0.465. The molecule has 0 saturated carbocycles. The van der Waals surface area contributed by atoms with E-state index in [0.29, 0.717) is 0 Å². The molecule has 0 atom stereocenters. The second-order valence-electron chi connectivity index (χ2n) is 1.77. The molecule has 0 aliphatic carbocycles. The SMILES string of the molecule is C=C1SCN(C)CS1. The van der Waals surface area contributed by atoms with E-state index in [-0.39, 0.29) is 0 Å². The van der Waals surface area contributed by atoms with Crippen molar-refractivity contribution in [3.8, 4) is 0 Å². The Morgan fingerprint density at radius 2 is 2.00 bits per heavy atom. The van der Waals surface area contributed by atoms with Crippen LogP contribution >= 0.6 is 23.5 Å². The Morgan fingerprint density at radius 3 is 2.38 bits per heavy atom. The van der Waals surface area contributed by atoms with E-state index in [2.05, 4.69) is 18.5 Å². The third-order valence-electron chi connectivity index (χ3n) is 0.892. The fraction of sp³-hybridized carbons (Fsp3) is 0.600. The fourth-order valence-electron chi connectivity index (χ4n) is 0.443. The second kappa shape index (κ2) is 2.80. The van der Waals surface area contributed by atoms with E-state index < -0.39 is 0 Å². The van der Waals surface area contributed by atoms with Gasteiger partial charge in [0.2, 0.25) is 0 Å². The maximum atomic E-state index is 3.85. The summed E-state index contributed by atoms with van der Waals surface area (Å²) >= 11 is 3.64. The zero-order chi connectivity index (χ0) is 5.98. The van der Waals surface area contributed by atoms with Crippen molar-refractivity contribution in [2.24, 2.45) is 0 Å². The maximum absolute atomic E-state index is 3.85. The smallest absolute Gasteiger partial charge is 0.0501 e. The predicted octanol–water partition coefficient (Wildman–Crippen LogP) is 1.78. The zero-order valence-corrected chi connectivity index (χ0v) is 6.52. The molecular formula is C5H9NS2. The Bertz CT molecular complexity index is 92.6. The normalized spacial score (nSPS) is 23.9. The first-order chi connectivity index (χ1) is 3.79. The van der Waals surface area contributed by atoms with Gasteiger partial charge < -0.3 is 0 Å². The topological polar surface area (TPSA) is 3.24 Å². The zero-order valence-electron chi connectivity index (χ0n) is 4.89. The van der Waals surface area contributed by atoms with Gasteiger partial charge in [-0.15, -0.1) is 23.5 Å². The van der Waals surface area contributed by atoms with E-state index in [1.807, 2.05) is 23.5 Å². The van der Waals surface area contributed by atoms with Gasteiger partial charge in [0.05, 0.1) is 11.8 Å². The molecule has 46 valence electrons. The minimum atomic E-state index is 1.10. The Balaban J connectivity index is 2.29. The quantitative estimate of drug-likeness (QED) is 0.514. The van der Waals surface area contributed by atoms with E-state index in [9.17, 15) is 0 Å². The lowest BCUT2D eigenvalue weighted by Gasteiger charge is -2.21. The van der Waals surface area contributed by atoms with Crippen LogP contribution in [0.1, 0.15) is 0 Å². The molecule has 0 unspecified atom stereocenters. The summed E-state index contributed by atoms with van der Waals surface area (Å²) in [6, 6.07) is 0. The molecule has 0 aromatic carbocycles. The number of thioether (sulfide) groups is 2. The van der Waals surface area contributed by atoms with Gasteiger partial charge in [0.25, 0.3) is 0 Å². The molecule has 0 spiro atoms. The molecule has 1 heterocycles. The van der Waals surface area contributed by atoms with Crippen LogP contribution in [0.4, 0.5) is 0 Å². The van der Waals surface area contributed by atoms with Crippen molar-refractivity contribution < 1.29 is 0 Å². The average Bonchev–Trinajstić information content (AvgIpc) is 1.77. The van der Waals surface area contributed by atoms with Crippen molar-refractivity contribution in [1.82, 2.24) is 4.90 Å². The molecule has 0 amide bonds. The highest BCUT2D eigenvalue weighted by atomic mass is 32.2. The van der Waals surface area contributed by atoms with Gasteiger partial charge in [0.1, 0.15) is 0 Å². The Hall–Kier alpha value is 0.400. The molecule has 0 N–H and O–H groups in total. The highest BCUT2D eigenvalue weighted by Crippen LogP contribution is 2.31. The number of hydrogen-bond acceptors (Lipinski definition) is 3. The summed E-state index contributed by atoms with van der Waals surface area (Å²) in [4.78, 5) is 2.27. The molecule has 0 aromatic heterocycles. The Kier molecular flexibility index (Phi) is 2.28. The third-order valence-corrected chi connectivity index (χ3v) is 3.38. The lowest BCUT2D eigenvalue weighted by Crippen LogP contribution is -2.19. The van der Waals surface area contributed by atoms with Gasteiger partial charge in [-0.2, -0.15) is 0 Å². The number of nitrogens with zero attached hydrogens (tertiary/aromatic N) is 1. The van der Waals surface area contributed by atoms with Crippen LogP contribution < -0.4 is 0 Å². The van der Waals surface area contributed by atoms with Crippen LogP contribution in [0.5, 0.6) is 0 Å². The summed E-state index contributed by atoms with van der Waals surface area (Å²) in [5.41, 5.74) is 0. The third kappa shape index (κ3) is 1.73. The van der Waals surface area contributed by atoms with Gasteiger partial charge in [-0.25, -0.2) is 0 Å². The minimum Gasteiger partial charge on any atom is -0.287 e. The molecule has 8 heavy (non-hydrogen) atoms. The molecule has 1 saturated heterocycles. The summed E-state index contributed by atoms with van der Waals surface area (Å²) in [6.07, 6.45) is 0. The highest BCUT2D eigenvalue weighted by molar-refractivity contribution is 8.22. The summed E-state index contributed by atoms with van der Waals surface area (Å²) in [7, 11) is 2.12. The first-order valence-electron chi connectivity index (χ1n) is 2.42. The first kappa shape index (κ1) is 6.52. The lowest BCUT2D eigenvalue weighted by atomic mass is 11.0. The molecular weight excluding hydrogens is 138 g/mol. The molecule has 0 aromatic rings. The maximum Gasteiger partial charge on any atom is 0.0501 e. The van der Waals surface area contributed by atoms with Gasteiger partial charge in [-0.05, 0) is 7.05 Å². The van der Waals surface area contributed by atoms with Crippen molar-refractivity contribution in [2.45, 2.75) is 0 Å². The molecule has 1 aliphatic rings. The van der Waals surface area contributed by atoms with E-state index in [1.165, 1.54) is 4.24 Å². The molecule has 1 aliphatic heterocycles. The molecule has 1 fully saturated rings. The highest BCUT2D eigenvalue weighted by Gasteiger charge is 2.07. The second-order valence-corrected chi connectivity index (χ2v) is 4.11. The van der Waals surface area contributed by atoms with Gasteiger partial charge in [-0.1, -0.05) is 6.58 Å². The van der Waals surface area contributed by atoms with E-state index >= 15 is 0 Å². The van der Waals surface area contributed by atoms with Crippen molar-refractivity contribution in [2.75, 3.05) is 18.8 Å². The van der Waals surface area contributed by atoms with Crippen LogP contribution in [0.25, 0.3) is 0 Å². The number of rotatable bonds is 0. The first-order valence-corrected chi connectivity index (χ1v) is 4.39. The Labute approximate surface area is 58.5 Å². The van der Waals surface area contributed by atoms with Gasteiger partial charge in [-0.3, -0.25) is 4.90 Å². The summed E-state index contributed by atoms with van der Waals surface area (Å²) in [6.45, 7) is 3.85.